The average molecular weight is 517 g/mol. The quantitative estimate of drug-likeness (QED) is 0.187. The first-order valence-electron chi connectivity index (χ1n) is 10.6. The van der Waals surface area contributed by atoms with Gasteiger partial charge in [0.2, 0.25) is 0 Å². The number of furan rings is 1. The van der Waals surface area contributed by atoms with Gasteiger partial charge in [-0.2, -0.15) is 0 Å². The molecule has 0 radical (unpaired) electrons. The van der Waals surface area contributed by atoms with Gasteiger partial charge in [0.15, 0.2) is 16.4 Å². The number of fused-ring (bicyclic) bond motifs is 3. The number of nitrogens with zero attached hydrogens (tertiary/aromatic N) is 1. The Morgan fingerprint density at radius 1 is 1.15 bits per heavy atom. The van der Waals surface area contributed by atoms with Crippen molar-refractivity contribution in [3.8, 4) is 5.75 Å². The number of carbonyl (C=O) groups is 1. The van der Waals surface area contributed by atoms with Crippen LogP contribution < -0.4 is 20.7 Å². The Balaban J connectivity index is 1.76. The van der Waals surface area contributed by atoms with E-state index in [1.54, 1.807) is 19.2 Å². The lowest BCUT2D eigenvalue weighted by atomic mass is 10.0. The second-order valence-corrected chi connectivity index (χ2v) is 8.72. The first kappa shape index (κ1) is 24.1. The van der Waals surface area contributed by atoms with Crippen LogP contribution in [0.4, 0.5) is 11.4 Å². The van der Waals surface area contributed by atoms with E-state index in [0.717, 1.165) is 30.5 Å². The molecule has 0 unspecified atom stereocenters. The molecule has 10 heteroatoms. The van der Waals surface area contributed by atoms with Gasteiger partial charge in [-0.05, 0) is 49.0 Å². The fraction of sp³-hybridized carbons (Fsp3) is 0.208. The highest BCUT2D eigenvalue weighted by atomic mass is 35.5. The summed E-state index contributed by atoms with van der Waals surface area (Å²) in [5, 5.41) is 11.5. The van der Waals surface area contributed by atoms with Crippen LogP contribution in [0.3, 0.4) is 0 Å². The molecule has 4 aromatic rings. The van der Waals surface area contributed by atoms with E-state index in [1.165, 1.54) is 12.4 Å². The Morgan fingerprint density at radius 2 is 1.91 bits per heavy atom. The van der Waals surface area contributed by atoms with Crippen LogP contribution in [0.25, 0.3) is 21.9 Å². The van der Waals surface area contributed by atoms with Crippen molar-refractivity contribution in [3.63, 3.8) is 0 Å². The number of hydrogen-bond donors (Lipinski definition) is 3. The number of aromatic nitrogens is 1. The summed E-state index contributed by atoms with van der Waals surface area (Å²) in [5.41, 5.74) is 2.48. The molecule has 0 saturated heterocycles. The fourth-order valence-electron chi connectivity index (χ4n) is 3.55. The number of amides is 1. The van der Waals surface area contributed by atoms with E-state index >= 15 is 0 Å². The molecule has 2 heterocycles. The van der Waals surface area contributed by atoms with Crippen LogP contribution in [0.5, 0.6) is 5.75 Å². The fourth-order valence-corrected chi connectivity index (χ4v) is 4.23. The predicted octanol–water partition coefficient (Wildman–Crippen LogP) is 6.64. The molecule has 0 bridgehead atoms. The van der Waals surface area contributed by atoms with E-state index in [4.69, 9.17) is 44.6 Å². The van der Waals surface area contributed by atoms with E-state index in [9.17, 15) is 4.79 Å². The van der Waals surface area contributed by atoms with Crippen molar-refractivity contribution in [2.75, 3.05) is 24.3 Å². The van der Waals surface area contributed by atoms with Gasteiger partial charge >= 0.3 is 0 Å². The molecule has 1 amide bonds. The van der Waals surface area contributed by atoms with Gasteiger partial charge in [0.1, 0.15) is 5.58 Å². The highest BCUT2D eigenvalue weighted by molar-refractivity contribution is 7.80. The number of methoxy groups -OCH3 is 1. The number of ether oxygens (including phenoxy) is 1. The lowest BCUT2D eigenvalue weighted by Crippen LogP contribution is -2.29. The molecule has 3 N–H and O–H groups in total. The first-order chi connectivity index (χ1) is 16.4. The lowest BCUT2D eigenvalue weighted by Gasteiger charge is -2.11. The maximum Gasteiger partial charge on any atom is 0.256 e. The maximum absolute atomic E-state index is 13.3. The zero-order chi connectivity index (χ0) is 24.2. The standard InChI is InChI=1S/C24H22Cl2N4O3S/c1-3-4-9-28-24(34)29-13-5-7-18-15(10-13)20-14(6-8-19(32-2)22(20)33-18)23(31)30-21-16(25)11-27-12-17(21)26/h5-8,10-12H,3-4,9H2,1-2H3,(H,27,30,31)(H2,28,29,34). The van der Waals surface area contributed by atoms with Gasteiger partial charge in [-0.3, -0.25) is 9.78 Å². The third kappa shape index (κ3) is 4.89. The van der Waals surface area contributed by atoms with Gasteiger partial charge in [0, 0.05) is 35.4 Å². The summed E-state index contributed by atoms with van der Waals surface area (Å²) in [6.45, 7) is 2.91. The summed E-state index contributed by atoms with van der Waals surface area (Å²) in [4.78, 5) is 17.2. The normalized spacial score (nSPS) is 10.9. The number of hydrogen-bond acceptors (Lipinski definition) is 5. The van der Waals surface area contributed by atoms with Crippen molar-refractivity contribution in [3.05, 3.63) is 58.3 Å². The molecular formula is C24H22Cl2N4O3S. The molecule has 7 nitrogen and oxygen atoms in total. The number of pyridine rings is 1. The third-order valence-corrected chi connectivity index (χ3v) is 6.03. The Labute approximate surface area is 211 Å². The monoisotopic (exact) mass is 516 g/mol. The van der Waals surface area contributed by atoms with Crippen LogP contribution in [0, 0.1) is 0 Å². The summed E-state index contributed by atoms with van der Waals surface area (Å²) in [5.74, 6) is 0.106. The molecular weight excluding hydrogens is 495 g/mol. The molecule has 0 fully saturated rings. The van der Waals surface area contributed by atoms with Gasteiger partial charge in [-0.15, -0.1) is 0 Å². The minimum atomic E-state index is -0.402. The predicted molar refractivity (Wildman–Crippen MR) is 142 cm³/mol. The van der Waals surface area contributed by atoms with Crippen LogP contribution in [0.15, 0.2) is 47.1 Å². The molecule has 0 saturated carbocycles. The SMILES string of the molecule is CCCCNC(=S)Nc1ccc2oc3c(OC)ccc(C(=O)Nc4c(Cl)cncc4Cl)c3c2c1. The van der Waals surface area contributed by atoms with E-state index < -0.39 is 5.91 Å². The van der Waals surface area contributed by atoms with Crippen molar-refractivity contribution < 1.29 is 13.9 Å². The minimum Gasteiger partial charge on any atom is -0.493 e. The summed E-state index contributed by atoms with van der Waals surface area (Å²) in [6.07, 6.45) is 4.92. The van der Waals surface area contributed by atoms with Crippen molar-refractivity contribution >= 4 is 79.8 Å². The Morgan fingerprint density at radius 3 is 2.62 bits per heavy atom. The summed E-state index contributed by atoms with van der Waals surface area (Å²) in [7, 11) is 1.55. The molecule has 2 aromatic carbocycles. The van der Waals surface area contributed by atoms with E-state index in [-0.39, 0.29) is 15.7 Å². The smallest absolute Gasteiger partial charge is 0.256 e. The molecule has 0 aliphatic rings. The largest absolute Gasteiger partial charge is 0.493 e. The molecule has 176 valence electrons. The van der Waals surface area contributed by atoms with Crippen LogP contribution in [-0.4, -0.2) is 29.7 Å². The number of nitrogens with one attached hydrogen (secondary N) is 3. The zero-order valence-corrected chi connectivity index (χ0v) is 20.8. The molecule has 2 aromatic heterocycles. The highest BCUT2D eigenvalue weighted by Crippen LogP contribution is 2.39. The second-order valence-electron chi connectivity index (χ2n) is 7.50. The third-order valence-electron chi connectivity index (χ3n) is 5.21. The van der Waals surface area contributed by atoms with E-state index in [2.05, 4.69) is 27.9 Å². The molecule has 0 spiro atoms. The van der Waals surface area contributed by atoms with Crippen LogP contribution in [-0.2, 0) is 0 Å². The van der Waals surface area contributed by atoms with Gasteiger partial charge in [0.25, 0.3) is 5.91 Å². The lowest BCUT2D eigenvalue weighted by molar-refractivity contribution is 0.102. The van der Waals surface area contributed by atoms with Crippen molar-refractivity contribution in [1.82, 2.24) is 10.3 Å². The number of carbonyl (C=O) groups excluding carboxylic acids is 1. The Hall–Kier alpha value is -3.07. The molecule has 34 heavy (non-hydrogen) atoms. The highest BCUT2D eigenvalue weighted by Gasteiger charge is 2.21. The topological polar surface area (TPSA) is 88.4 Å². The van der Waals surface area contributed by atoms with Crippen LogP contribution in [0.1, 0.15) is 30.1 Å². The number of rotatable bonds is 7. The minimum absolute atomic E-state index is 0.234. The number of anilines is 2. The molecule has 0 aliphatic heterocycles. The molecule has 0 atom stereocenters. The van der Waals surface area contributed by atoms with Gasteiger partial charge < -0.3 is 25.1 Å². The number of thiocarbonyl (C=S) groups is 1. The number of halogens is 2. The summed E-state index contributed by atoms with van der Waals surface area (Å²) in [6, 6.07) is 8.93. The van der Waals surface area contributed by atoms with Gasteiger partial charge in [0.05, 0.1) is 28.4 Å². The first-order valence-corrected chi connectivity index (χ1v) is 11.8. The summed E-state index contributed by atoms with van der Waals surface area (Å²) < 4.78 is 11.5. The van der Waals surface area contributed by atoms with Crippen molar-refractivity contribution in [1.29, 1.82) is 0 Å². The number of benzene rings is 2. The van der Waals surface area contributed by atoms with Gasteiger partial charge in [-0.1, -0.05) is 36.5 Å². The molecule has 0 aliphatic carbocycles. The van der Waals surface area contributed by atoms with E-state index in [0.29, 0.717) is 33.0 Å². The van der Waals surface area contributed by atoms with Crippen molar-refractivity contribution in [2.24, 2.45) is 0 Å². The van der Waals surface area contributed by atoms with E-state index in [1.807, 2.05) is 18.2 Å². The van der Waals surface area contributed by atoms with Gasteiger partial charge in [-0.25, -0.2) is 0 Å². The maximum atomic E-state index is 13.3. The second kappa shape index (κ2) is 10.5. The summed E-state index contributed by atoms with van der Waals surface area (Å²) >= 11 is 17.8. The Kier molecular flexibility index (Phi) is 7.41. The van der Waals surface area contributed by atoms with Crippen LogP contribution in [0.2, 0.25) is 10.0 Å². The zero-order valence-electron chi connectivity index (χ0n) is 18.5. The average Bonchev–Trinajstić information content (AvgIpc) is 3.20. The van der Waals surface area contributed by atoms with Crippen LogP contribution >= 0.6 is 35.4 Å². The van der Waals surface area contributed by atoms with Crippen molar-refractivity contribution in [2.45, 2.75) is 19.8 Å². The molecule has 4 rings (SSSR count). The Bertz CT molecular complexity index is 1370. The number of unbranched alkanes of at least 4 members (excludes halogenated alkanes) is 1.